The Bertz CT molecular complexity index is 778. The molecule has 1 aliphatic heterocycles. The second kappa shape index (κ2) is 10.2. The number of anilines is 2. The Hall–Kier alpha value is -1.49. The van der Waals surface area contributed by atoms with Gasteiger partial charge >= 0.3 is 0 Å². The molecule has 1 fully saturated rings. The highest BCUT2D eigenvalue weighted by Crippen LogP contribution is 2.25. The predicted molar refractivity (Wildman–Crippen MR) is 112 cm³/mol. The molecule has 0 bridgehead atoms. The van der Waals surface area contributed by atoms with Crippen LogP contribution >= 0.6 is 39.0 Å². The molecule has 0 unspecified atom stereocenters. The highest BCUT2D eigenvalue weighted by molar-refractivity contribution is 9.10. The van der Waals surface area contributed by atoms with Crippen LogP contribution in [0.4, 0.5) is 10.8 Å². The van der Waals surface area contributed by atoms with Crippen molar-refractivity contribution in [1.82, 2.24) is 15.1 Å². The van der Waals surface area contributed by atoms with Gasteiger partial charge in [0.15, 0.2) is 4.34 Å². The number of halogens is 1. The summed E-state index contributed by atoms with van der Waals surface area (Å²) in [7, 11) is 0. The standard InChI is InChI=1S/C17H20BrN5O2S2/c18-12-4-6-13(7-5-12)19-15(25)11-26-17-22-21-16(27-17)20-14(24)10-23-8-2-1-3-9-23/h4-7H,1-3,8-11H2,(H,19,25)(H,20,21,24). The molecule has 1 aromatic carbocycles. The lowest BCUT2D eigenvalue weighted by atomic mass is 10.1. The minimum Gasteiger partial charge on any atom is -0.325 e. The third-order valence-corrected chi connectivity index (χ3v) is 6.42. The number of hydrogen-bond donors (Lipinski definition) is 2. The summed E-state index contributed by atoms with van der Waals surface area (Å²) in [5, 5.41) is 14.1. The maximum atomic E-state index is 12.1. The minimum atomic E-state index is -0.117. The highest BCUT2D eigenvalue weighted by atomic mass is 79.9. The van der Waals surface area contributed by atoms with Crippen LogP contribution in [-0.4, -0.2) is 52.3 Å². The largest absolute Gasteiger partial charge is 0.325 e. The van der Waals surface area contributed by atoms with Gasteiger partial charge in [-0.15, -0.1) is 10.2 Å². The molecule has 2 aromatic rings. The number of hydrogen-bond acceptors (Lipinski definition) is 7. The third-order valence-electron chi connectivity index (χ3n) is 3.92. The molecule has 27 heavy (non-hydrogen) atoms. The van der Waals surface area contributed by atoms with Crippen LogP contribution in [0.5, 0.6) is 0 Å². The minimum absolute atomic E-state index is 0.0717. The van der Waals surface area contributed by atoms with Crippen LogP contribution in [0.2, 0.25) is 0 Å². The molecule has 1 aliphatic rings. The van der Waals surface area contributed by atoms with Crippen molar-refractivity contribution in [2.75, 3.05) is 36.0 Å². The van der Waals surface area contributed by atoms with Crippen molar-refractivity contribution in [2.24, 2.45) is 0 Å². The maximum absolute atomic E-state index is 12.1. The predicted octanol–water partition coefficient (Wildman–Crippen LogP) is 3.46. The first-order valence-electron chi connectivity index (χ1n) is 8.62. The first-order valence-corrected chi connectivity index (χ1v) is 11.2. The first kappa shape index (κ1) is 20.2. The van der Waals surface area contributed by atoms with Gasteiger partial charge in [-0.2, -0.15) is 0 Å². The number of benzene rings is 1. The zero-order valence-electron chi connectivity index (χ0n) is 14.6. The van der Waals surface area contributed by atoms with Crippen molar-refractivity contribution in [3.05, 3.63) is 28.7 Å². The summed E-state index contributed by atoms with van der Waals surface area (Å²) in [4.78, 5) is 26.3. The molecule has 2 heterocycles. The summed E-state index contributed by atoms with van der Waals surface area (Å²) < 4.78 is 1.60. The molecule has 0 spiro atoms. The van der Waals surface area contributed by atoms with Gasteiger partial charge < -0.3 is 5.32 Å². The van der Waals surface area contributed by atoms with Crippen molar-refractivity contribution in [1.29, 1.82) is 0 Å². The number of nitrogens with one attached hydrogen (secondary N) is 2. The molecule has 1 aromatic heterocycles. The summed E-state index contributed by atoms with van der Waals surface area (Å²) >= 11 is 5.93. The normalized spacial score (nSPS) is 14.7. The van der Waals surface area contributed by atoms with Gasteiger partial charge in [0.1, 0.15) is 0 Å². The maximum Gasteiger partial charge on any atom is 0.240 e. The monoisotopic (exact) mass is 469 g/mol. The number of aromatic nitrogens is 2. The molecule has 7 nitrogen and oxygen atoms in total. The first-order chi connectivity index (χ1) is 13.1. The number of piperidine rings is 1. The molecule has 10 heteroatoms. The fourth-order valence-electron chi connectivity index (χ4n) is 2.66. The van der Waals surface area contributed by atoms with Gasteiger partial charge in [-0.25, -0.2) is 0 Å². The summed E-state index contributed by atoms with van der Waals surface area (Å²) in [5.74, 6) is 0.0395. The Morgan fingerprint density at radius 2 is 1.81 bits per heavy atom. The van der Waals surface area contributed by atoms with Gasteiger partial charge in [0.05, 0.1) is 12.3 Å². The van der Waals surface area contributed by atoms with Crippen LogP contribution in [-0.2, 0) is 9.59 Å². The van der Waals surface area contributed by atoms with Gasteiger partial charge in [-0.1, -0.05) is 45.4 Å². The third kappa shape index (κ3) is 6.87. The van der Waals surface area contributed by atoms with Crippen LogP contribution in [0.25, 0.3) is 0 Å². The average Bonchev–Trinajstić information content (AvgIpc) is 3.10. The van der Waals surface area contributed by atoms with E-state index in [1.54, 1.807) is 0 Å². The van der Waals surface area contributed by atoms with E-state index in [-0.39, 0.29) is 17.6 Å². The van der Waals surface area contributed by atoms with Crippen molar-refractivity contribution < 1.29 is 9.59 Å². The van der Waals surface area contributed by atoms with Crippen molar-refractivity contribution in [3.63, 3.8) is 0 Å². The fraction of sp³-hybridized carbons (Fsp3) is 0.412. The number of carbonyl (C=O) groups is 2. The van der Waals surface area contributed by atoms with Gasteiger partial charge in [-0.3, -0.25) is 19.8 Å². The van der Waals surface area contributed by atoms with E-state index in [4.69, 9.17) is 0 Å². The lowest BCUT2D eigenvalue weighted by molar-refractivity contribution is -0.117. The van der Waals surface area contributed by atoms with Crippen molar-refractivity contribution >= 4 is 61.7 Å². The van der Waals surface area contributed by atoms with Crippen LogP contribution in [0.1, 0.15) is 19.3 Å². The second-order valence-corrected chi connectivity index (χ2v) is 9.22. The Kier molecular flexibility index (Phi) is 7.62. The number of likely N-dealkylation sites (tertiary alicyclic amines) is 1. The topological polar surface area (TPSA) is 87.2 Å². The number of nitrogens with zero attached hydrogens (tertiary/aromatic N) is 3. The lowest BCUT2D eigenvalue weighted by Crippen LogP contribution is -2.36. The molecule has 0 atom stereocenters. The molecular weight excluding hydrogens is 450 g/mol. The molecule has 2 amide bonds. The van der Waals surface area contributed by atoms with Crippen LogP contribution < -0.4 is 10.6 Å². The number of amides is 2. The Labute approximate surface area is 174 Å². The molecule has 0 aliphatic carbocycles. The van der Waals surface area contributed by atoms with Crippen LogP contribution in [0.3, 0.4) is 0 Å². The SMILES string of the molecule is O=C(CSc1nnc(NC(=O)CN2CCCCC2)s1)Nc1ccc(Br)cc1. The van der Waals surface area contributed by atoms with Gasteiger partial charge in [0, 0.05) is 10.2 Å². The van der Waals surface area contributed by atoms with E-state index in [2.05, 4.69) is 41.7 Å². The van der Waals surface area contributed by atoms with Crippen molar-refractivity contribution in [2.45, 2.75) is 23.6 Å². The van der Waals surface area contributed by atoms with Gasteiger partial charge in [-0.05, 0) is 50.2 Å². The second-order valence-electron chi connectivity index (χ2n) is 6.10. The molecule has 2 N–H and O–H groups in total. The highest BCUT2D eigenvalue weighted by Gasteiger charge is 2.15. The van der Waals surface area contributed by atoms with Crippen molar-refractivity contribution in [3.8, 4) is 0 Å². The summed E-state index contributed by atoms with van der Waals surface area (Å²) in [5.41, 5.74) is 0.742. The zero-order valence-corrected chi connectivity index (χ0v) is 17.8. The lowest BCUT2D eigenvalue weighted by Gasteiger charge is -2.25. The quantitative estimate of drug-likeness (QED) is 0.476. The van der Waals surface area contributed by atoms with E-state index >= 15 is 0 Å². The number of thioether (sulfide) groups is 1. The molecule has 0 saturated carbocycles. The number of rotatable bonds is 7. The summed E-state index contributed by atoms with van der Waals surface area (Å²) in [6.07, 6.45) is 3.54. The molecule has 144 valence electrons. The van der Waals surface area contributed by atoms with Gasteiger partial charge in [0.25, 0.3) is 0 Å². The van der Waals surface area contributed by atoms with Crippen LogP contribution in [0, 0.1) is 0 Å². The molecular formula is C17H20BrN5O2S2. The molecule has 1 saturated heterocycles. The Balaban J connectivity index is 1.41. The van der Waals surface area contributed by atoms with E-state index in [0.29, 0.717) is 16.0 Å². The average molecular weight is 470 g/mol. The molecule has 0 radical (unpaired) electrons. The van der Waals surface area contributed by atoms with E-state index in [9.17, 15) is 9.59 Å². The fourth-order valence-corrected chi connectivity index (χ4v) is 4.49. The summed E-state index contributed by atoms with van der Waals surface area (Å²) in [6, 6.07) is 7.39. The van der Waals surface area contributed by atoms with E-state index < -0.39 is 0 Å². The van der Waals surface area contributed by atoms with E-state index in [0.717, 1.165) is 36.1 Å². The van der Waals surface area contributed by atoms with Crippen LogP contribution in [0.15, 0.2) is 33.1 Å². The smallest absolute Gasteiger partial charge is 0.240 e. The van der Waals surface area contributed by atoms with E-state index in [1.165, 1.54) is 29.5 Å². The molecule has 3 rings (SSSR count). The zero-order chi connectivity index (χ0) is 19.1. The summed E-state index contributed by atoms with van der Waals surface area (Å²) in [6.45, 7) is 2.33. The Morgan fingerprint density at radius 3 is 2.56 bits per heavy atom. The van der Waals surface area contributed by atoms with E-state index in [1.807, 2.05) is 24.3 Å². The Morgan fingerprint density at radius 1 is 1.07 bits per heavy atom. The van der Waals surface area contributed by atoms with Gasteiger partial charge in [0.2, 0.25) is 16.9 Å². The number of carbonyl (C=O) groups excluding carboxylic acids is 2.